The molecule has 1 atom stereocenters. The summed E-state index contributed by atoms with van der Waals surface area (Å²) < 4.78 is 43.2. The van der Waals surface area contributed by atoms with Crippen molar-refractivity contribution >= 4 is 11.8 Å². The summed E-state index contributed by atoms with van der Waals surface area (Å²) in [5, 5.41) is 2.11. The molecule has 0 amide bonds. The van der Waals surface area contributed by atoms with E-state index in [0.29, 0.717) is 5.75 Å². The Morgan fingerprint density at radius 1 is 1.30 bits per heavy atom. The standard InChI is InChI=1S/C15H16F3NO/c1-4-10-7-9-5-6-11(19-14(18)13(16)17)8-12(9)20-15(10,2)3/h4-8,13-14,19H,1H2,2-3H3. The summed E-state index contributed by atoms with van der Waals surface area (Å²) in [6, 6.07) is 4.74. The lowest BCUT2D eigenvalue weighted by Gasteiger charge is -2.33. The van der Waals surface area contributed by atoms with E-state index in [1.54, 1.807) is 12.1 Å². The number of anilines is 1. The number of hydrogen-bond donors (Lipinski definition) is 1. The third kappa shape index (κ3) is 2.81. The van der Waals surface area contributed by atoms with Crippen molar-refractivity contribution in [3.63, 3.8) is 0 Å². The first-order chi connectivity index (χ1) is 9.33. The van der Waals surface area contributed by atoms with Gasteiger partial charge in [0.2, 0.25) is 6.30 Å². The van der Waals surface area contributed by atoms with Crippen LogP contribution in [0.4, 0.5) is 18.9 Å². The molecule has 0 bridgehead atoms. The third-order valence-corrected chi connectivity index (χ3v) is 3.13. The van der Waals surface area contributed by atoms with Crippen LogP contribution in [0.15, 0.2) is 36.4 Å². The van der Waals surface area contributed by atoms with E-state index in [1.807, 2.05) is 19.9 Å². The molecule has 1 unspecified atom stereocenters. The molecule has 0 saturated carbocycles. The normalized spacial score (nSPS) is 17.8. The minimum Gasteiger partial charge on any atom is -0.482 e. The first-order valence-electron chi connectivity index (χ1n) is 6.20. The van der Waals surface area contributed by atoms with Crippen LogP contribution >= 0.6 is 0 Å². The van der Waals surface area contributed by atoms with Crippen LogP contribution in [-0.4, -0.2) is 18.3 Å². The molecule has 0 spiro atoms. The second-order valence-electron chi connectivity index (χ2n) is 5.05. The van der Waals surface area contributed by atoms with Gasteiger partial charge in [0, 0.05) is 17.3 Å². The third-order valence-electron chi connectivity index (χ3n) is 3.13. The number of fused-ring (bicyclic) bond motifs is 1. The molecule has 2 rings (SSSR count). The zero-order valence-electron chi connectivity index (χ0n) is 11.3. The van der Waals surface area contributed by atoms with E-state index in [-0.39, 0.29) is 5.69 Å². The van der Waals surface area contributed by atoms with Gasteiger partial charge in [0.25, 0.3) is 6.43 Å². The lowest BCUT2D eigenvalue weighted by atomic mass is 9.92. The van der Waals surface area contributed by atoms with E-state index in [1.165, 1.54) is 12.1 Å². The van der Waals surface area contributed by atoms with Crippen LogP contribution in [0.25, 0.3) is 6.08 Å². The Labute approximate surface area is 115 Å². The highest BCUT2D eigenvalue weighted by molar-refractivity contribution is 5.69. The molecule has 1 aliphatic rings. The maximum atomic E-state index is 13.0. The number of ether oxygens (including phenoxy) is 1. The molecule has 1 aromatic carbocycles. The predicted molar refractivity (Wildman–Crippen MR) is 73.8 cm³/mol. The van der Waals surface area contributed by atoms with Gasteiger partial charge in [-0.05, 0) is 37.6 Å². The summed E-state index contributed by atoms with van der Waals surface area (Å²) in [5.41, 5.74) is 1.41. The lowest BCUT2D eigenvalue weighted by molar-refractivity contribution is 0.0650. The number of rotatable bonds is 4. The van der Waals surface area contributed by atoms with E-state index >= 15 is 0 Å². The van der Waals surface area contributed by atoms with Crippen molar-refractivity contribution in [1.29, 1.82) is 0 Å². The van der Waals surface area contributed by atoms with Crippen LogP contribution in [-0.2, 0) is 0 Å². The number of hydrogen-bond acceptors (Lipinski definition) is 2. The molecule has 0 saturated heterocycles. The highest BCUT2D eigenvalue weighted by atomic mass is 19.3. The van der Waals surface area contributed by atoms with E-state index < -0.39 is 18.3 Å². The Morgan fingerprint density at radius 3 is 2.60 bits per heavy atom. The molecule has 1 heterocycles. The van der Waals surface area contributed by atoms with Crippen molar-refractivity contribution in [2.24, 2.45) is 0 Å². The van der Waals surface area contributed by atoms with Crippen molar-refractivity contribution in [3.8, 4) is 5.75 Å². The van der Waals surface area contributed by atoms with E-state index in [0.717, 1.165) is 11.1 Å². The quantitative estimate of drug-likeness (QED) is 0.827. The topological polar surface area (TPSA) is 21.3 Å². The van der Waals surface area contributed by atoms with E-state index in [9.17, 15) is 13.2 Å². The largest absolute Gasteiger partial charge is 0.482 e. The second kappa shape index (κ2) is 5.23. The lowest BCUT2D eigenvalue weighted by Crippen LogP contribution is -2.32. The average molecular weight is 283 g/mol. The molecule has 1 N–H and O–H groups in total. The van der Waals surface area contributed by atoms with Crippen LogP contribution in [0.5, 0.6) is 5.75 Å². The van der Waals surface area contributed by atoms with Gasteiger partial charge in [-0.2, -0.15) is 0 Å². The fourth-order valence-electron chi connectivity index (χ4n) is 2.03. The molecule has 1 aromatic rings. The fraction of sp³-hybridized carbons (Fsp3) is 0.333. The van der Waals surface area contributed by atoms with Crippen LogP contribution < -0.4 is 10.1 Å². The SMILES string of the molecule is C=CC1=Cc2ccc(NC(F)C(F)F)cc2OC1(C)C. The van der Waals surface area contributed by atoms with Gasteiger partial charge in [0.1, 0.15) is 11.4 Å². The number of halogens is 3. The van der Waals surface area contributed by atoms with Crippen molar-refractivity contribution in [3.05, 3.63) is 42.0 Å². The van der Waals surface area contributed by atoms with Crippen molar-refractivity contribution < 1.29 is 17.9 Å². The highest BCUT2D eigenvalue weighted by Crippen LogP contribution is 2.37. The fourth-order valence-corrected chi connectivity index (χ4v) is 2.03. The van der Waals surface area contributed by atoms with Crippen LogP contribution in [0.1, 0.15) is 19.4 Å². The van der Waals surface area contributed by atoms with E-state index in [2.05, 4.69) is 11.9 Å². The second-order valence-corrected chi connectivity index (χ2v) is 5.05. The van der Waals surface area contributed by atoms with Crippen molar-refractivity contribution in [1.82, 2.24) is 0 Å². The molecule has 0 aliphatic carbocycles. The Morgan fingerprint density at radius 2 is 2.00 bits per heavy atom. The molecule has 1 aliphatic heterocycles. The molecular formula is C15H16F3NO. The molecule has 5 heteroatoms. The summed E-state index contributed by atoms with van der Waals surface area (Å²) in [7, 11) is 0. The van der Waals surface area contributed by atoms with Crippen LogP contribution in [0.2, 0.25) is 0 Å². The monoisotopic (exact) mass is 283 g/mol. The zero-order chi connectivity index (χ0) is 14.9. The molecule has 2 nitrogen and oxygen atoms in total. The number of nitrogens with one attached hydrogen (secondary N) is 1. The first-order valence-corrected chi connectivity index (χ1v) is 6.20. The Hall–Kier alpha value is -1.91. The van der Waals surface area contributed by atoms with Gasteiger partial charge in [-0.15, -0.1) is 0 Å². The van der Waals surface area contributed by atoms with E-state index in [4.69, 9.17) is 4.74 Å². The first kappa shape index (κ1) is 14.5. The maximum Gasteiger partial charge on any atom is 0.287 e. The van der Waals surface area contributed by atoms with Gasteiger partial charge in [-0.1, -0.05) is 12.7 Å². The van der Waals surface area contributed by atoms with Gasteiger partial charge in [-0.25, -0.2) is 13.2 Å². The van der Waals surface area contributed by atoms with Crippen molar-refractivity contribution in [2.45, 2.75) is 32.2 Å². The minimum atomic E-state index is -3.07. The summed E-state index contributed by atoms with van der Waals surface area (Å²) in [6.07, 6.45) is -1.85. The molecule has 0 radical (unpaired) electrons. The smallest absolute Gasteiger partial charge is 0.287 e. The summed E-state index contributed by atoms with van der Waals surface area (Å²) in [5.74, 6) is 0.520. The molecular weight excluding hydrogens is 267 g/mol. The van der Waals surface area contributed by atoms with Gasteiger partial charge in [0.15, 0.2) is 0 Å². The Balaban J connectivity index is 2.30. The molecule has 0 aromatic heterocycles. The molecule has 20 heavy (non-hydrogen) atoms. The molecule has 108 valence electrons. The van der Waals surface area contributed by atoms with Gasteiger partial charge < -0.3 is 10.1 Å². The highest BCUT2D eigenvalue weighted by Gasteiger charge is 2.29. The van der Waals surface area contributed by atoms with Crippen LogP contribution in [0.3, 0.4) is 0 Å². The van der Waals surface area contributed by atoms with Gasteiger partial charge in [-0.3, -0.25) is 0 Å². The Kier molecular flexibility index (Phi) is 3.79. The predicted octanol–water partition coefficient (Wildman–Crippen LogP) is 4.40. The number of benzene rings is 1. The summed E-state index contributed by atoms with van der Waals surface area (Å²) in [6.45, 7) is 7.49. The zero-order valence-corrected chi connectivity index (χ0v) is 11.3. The van der Waals surface area contributed by atoms with Crippen LogP contribution in [0, 0.1) is 0 Å². The van der Waals surface area contributed by atoms with Gasteiger partial charge >= 0.3 is 0 Å². The summed E-state index contributed by atoms with van der Waals surface area (Å²) in [4.78, 5) is 0. The molecule has 0 fully saturated rings. The summed E-state index contributed by atoms with van der Waals surface area (Å²) >= 11 is 0. The number of alkyl halides is 3. The van der Waals surface area contributed by atoms with Crippen molar-refractivity contribution in [2.75, 3.05) is 5.32 Å². The maximum absolute atomic E-state index is 13.0. The average Bonchev–Trinajstić information content (AvgIpc) is 2.36. The minimum absolute atomic E-state index is 0.253. The van der Waals surface area contributed by atoms with Gasteiger partial charge in [0.05, 0.1) is 0 Å². The Bertz CT molecular complexity index is 552.